The fourth-order valence-electron chi connectivity index (χ4n) is 8.04. The van der Waals surface area contributed by atoms with E-state index in [4.69, 9.17) is 0 Å². The highest BCUT2D eigenvalue weighted by atomic mass is 32.1. The topological polar surface area (TPSA) is 4.93 Å². The molecule has 0 aliphatic heterocycles. The Hall–Kier alpha value is -4.92. The highest BCUT2D eigenvalue weighted by Gasteiger charge is 2.31. The second-order valence-corrected chi connectivity index (χ2v) is 13.4. The number of aromatic nitrogens is 1. The first kappa shape index (κ1) is 24.5. The molecule has 0 amide bonds. The molecule has 0 spiro atoms. The van der Waals surface area contributed by atoms with Gasteiger partial charge in [-0.2, -0.15) is 0 Å². The lowest BCUT2D eigenvalue weighted by atomic mass is 9.69. The number of nitrogens with zero attached hydrogens (tertiary/aromatic N) is 1. The molecule has 10 rings (SSSR count). The molecule has 1 nitrogen and oxygen atoms in total. The van der Waals surface area contributed by atoms with Crippen molar-refractivity contribution in [1.29, 1.82) is 0 Å². The number of allylic oxidation sites excluding steroid dienone is 5. The summed E-state index contributed by atoms with van der Waals surface area (Å²) in [6.07, 6.45) is 16.0. The molecule has 208 valence electrons. The zero-order chi connectivity index (χ0) is 28.8. The summed E-state index contributed by atoms with van der Waals surface area (Å²) in [5.41, 5.74) is 13.5. The van der Waals surface area contributed by atoms with Gasteiger partial charge >= 0.3 is 0 Å². The second kappa shape index (κ2) is 9.29. The zero-order valence-electron chi connectivity index (χ0n) is 24.2. The number of rotatable bonds is 2. The van der Waals surface area contributed by atoms with Gasteiger partial charge in [0.2, 0.25) is 0 Å². The van der Waals surface area contributed by atoms with Crippen LogP contribution in [0.25, 0.3) is 65.1 Å². The van der Waals surface area contributed by atoms with Crippen LogP contribution in [-0.2, 0) is 6.42 Å². The van der Waals surface area contributed by atoms with Crippen molar-refractivity contribution in [2.45, 2.75) is 24.7 Å². The Balaban J connectivity index is 1.13. The highest BCUT2D eigenvalue weighted by Crippen LogP contribution is 2.50. The summed E-state index contributed by atoms with van der Waals surface area (Å²) in [4.78, 5) is 0. The van der Waals surface area contributed by atoms with Gasteiger partial charge in [0.1, 0.15) is 0 Å². The highest BCUT2D eigenvalue weighted by molar-refractivity contribution is 7.25. The fraction of sp³-hybridized carbons (Fsp3) is 0.0952. The maximum Gasteiger partial charge on any atom is 0.0537 e. The Morgan fingerprint density at radius 1 is 0.614 bits per heavy atom. The van der Waals surface area contributed by atoms with Crippen molar-refractivity contribution in [3.8, 4) is 27.9 Å². The lowest BCUT2D eigenvalue weighted by molar-refractivity contribution is 0.720. The van der Waals surface area contributed by atoms with Crippen molar-refractivity contribution in [1.82, 2.24) is 4.57 Å². The average molecular weight is 580 g/mol. The molecule has 0 N–H and O–H groups in total. The Kier molecular flexibility index (Phi) is 5.17. The molecule has 0 saturated heterocycles. The maximum absolute atomic E-state index is 2.50. The van der Waals surface area contributed by atoms with Crippen molar-refractivity contribution < 1.29 is 0 Å². The van der Waals surface area contributed by atoms with Crippen molar-refractivity contribution >= 4 is 48.5 Å². The molecule has 44 heavy (non-hydrogen) atoms. The first-order valence-corrected chi connectivity index (χ1v) is 16.5. The molecule has 2 heteroatoms. The van der Waals surface area contributed by atoms with Gasteiger partial charge in [-0.15, -0.1) is 11.3 Å². The SMILES string of the molecule is C1=CC2c3ccccc3-c3cc(-c4ccc5sc6ccc(-n7c8c(c9ccccc97)C=CCC8)cc6c5c4)ccc3C2C=C1. The quantitative estimate of drug-likeness (QED) is 0.192. The fourth-order valence-corrected chi connectivity index (χ4v) is 9.11. The van der Waals surface area contributed by atoms with Crippen LogP contribution in [0.3, 0.4) is 0 Å². The van der Waals surface area contributed by atoms with E-state index in [0.717, 1.165) is 12.8 Å². The minimum atomic E-state index is 0.395. The number of hydrogen-bond donors (Lipinski definition) is 0. The molecule has 7 aromatic rings. The molecule has 0 radical (unpaired) electrons. The van der Waals surface area contributed by atoms with Crippen LogP contribution in [0.1, 0.15) is 40.6 Å². The van der Waals surface area contributed by atoms with Gasteiger partial charge < -0.3 is 4.57 Å². The van der Waals surface area contributed by atoms with Gasteiger partial charge in [-0.3, -0.25) is 0 Å². The lowest BCUT2D eigenvalue weighted by Crippen LogP contribution is -2.16. The molecule has 2 unspecified atom stereocenters. The second-order valence-electron chi connectivity index (χ2n) is 12.4. The summed E-state index contributed by atoms with van der Waals surface area (Å²) >= 11 is 1.90. The standard InChI is InChI=1S/C42H29NS/c1-2-11-31-29(9-1)30-10-3-4-12-32(30)36-23-26(17-20-33(31)36)27-18-21-41-37(24-27)38-25-28(19-22-42(38)44-41)43-39-15-7-5-13-34(39)35-14-6-8-16-40(35)43/h1-7,9-15,17-25,29,31H,8,16H2. The molecule has 2 aromatic heterocycles. The predicted molar refractivity (Wildman–Crippen MR) is 188 cm³/mol. The van der Waals surface area contributed by atoms with E-state index in [1.54, 1.807) is 0 Å². The number of para-hydroxylation sites is 1. The number of benzene rings is 5. The summed E-state index contributed by atoms with van der Waals surface area (Å²) in [5.74, 6) is 0.808. The van der Waals surface area contributed by atoms with E-state index in [2.05, 4.69) is 144 Å². The van der Waals surface area contributed by atoms with Crippen LogP contribution in [0.2, 0.25) is 0 Å². The van der Waals surface area contributed by atoms with Crippen molar-refractivity contribution in [2.24, 2.45) is 0 Å². The van der Waals surface area contributed by atoms with Crippen LogP contribution < -0.4 is 0 Å². The zero-order valence-corrected chi connectivity index (χ0v) is 25.0. The van der Waals surface area contributed by atoms with Gasteiger partial charge in [-0.1, -0.05) is 97.1 Å². The smallest absolute Gasteiger partial charge is 0.0537 e. The van der Waals surface area contributed by atoms with Crippen LogP contribution in [0.4, 0.5) is 0 Å². The summed E-state index contributed by atoms with van der Waals surface area (Å²) in [7, 11) is 0. The Labute approximate surface area is 260 Å². The third-order valence-electron chi connectivity index (χ3n) is 10.0. The van der Waals surface area contributed by atoms with E-state index in [1.165, 1.54) is 81.4 Å². The van der Waals surface area contributed by atoms with Gasteiger partial charge in [0, 0.05) is 54.3 Å². The third kappa shape index (κ3) is 3.46. The van der Waals surface area contributed by atoms with Gasteiger partial charge in [0.25, 0.3) is 0 Å². The molecule has 5 aromatic carbocycles. The number of fused-ring (bicyclic) bond motifs is 12. The first-order chi connectivity index (χ1) is 21.8. The summed E-state index contributed by atoms with van der Waals surface area (Å²) < 4.78 is 5.19. The molecular formula is C42H29NS. The summed E-state index contributed by atoms with van der Waals surface area (Å²) in [6, 6.07) is 39.1. The monoisotopic (exact) mass is 579 g/mol. The maximum atomic E-state index is 2.50. The minimum Gasteiger partial charge on any atom is -0.313 e. The van der Waals surface area contributed by atoms with E-state index in [-0.39, 0.29) is 0 Å². The van der Waals surface area contributed by atoms with Crippen LogP contribution in [-0.4, -0.2) is 4.57 Å². The summed E-state index contributed by atoms with van der Waals surface area (Å²) in [6.45, 7) is 0. The van der Waals surface area contributed by atoms with E-state index < -0.39 is 0 Å². The van der Waals surface area contributed by atoms with Gasteiger partial charge in [-0.25, -0.2) is 0 Å². The van der Waals surface area contributed by atoms with Crippen molar-refractivity contribution in [2.75, 3.05) is 0 Å². The molecule has 3 aliphatic rings. The van der Waals surface area contributed by atoms with E-state index in [1.807, 2.05) is 11.3 Å². The lowest BCUT2D eigenvalue weighted by Gasteiger charge is -2.34. The number of thiophene rings is 1. The Morgan fingerprint density at radius 2 is 1.34 bits per heavy atom. The average Bonchev–Trinajstić information content (AvgIpc) is 3.63. The van der Waals surface area contributed by atoms with Gasteiger partial charge in [0.15, 0.2) is 0 Å². The van der Waals surface area contributed by atoms with Crippen LogP contribution in [0, 0.1) is 0 Å². The predicted octanol–water partition coefficient (Wildman–Crippen LogP) is 11.6. The van der Waals surface area contributed by atoms with Crippen LogP contribution in [0.15, 0.2) is 134 Å². The Morgan fingerprint density at radius 3 is 2.25 bits per heavy atom. The molecule has 0 bridgehead atoms. The largest absolute Gasteiger partial charge is 0.313 e. The molecule has 0 saturated carbocycles. The number of hydrogen-bond acceptors (Lipinski definition) is 1. The van der Waals surface area contributed by atoms with Gasteiger partial charge in [-0.05, 0) is 88.7 Å². The van der Waals surface area contributed by atoms with Crippen molar-refractivity contribution in [3.05, 3.63) is 156 Å². The molecule has 2 atom stereocenters. The first-order valence-electron chi connectivity index (χ1n) is 15.7. The van der Waals surface area contributed by atoms with E-state index in [0.29, 0.717) is 11.8 Å². The minimum absolute atomic E-state index is 0.395. The molecule has 3 aliphatic carbocycles. The van der Waals surface area contributed by atoms with Crippen LogP contribution >= 0.6 is 11.3 Å². The molecule has 0 fully saturated rings. The van der Waals surface area contributed by atoms with E-state index in [9.17, 15) is 0 Å². The Bertz CT molecular complexity index is 2410. The van der Waals surface area contributed by atoms with Crippen molar-refractivity contribution in [3.63, 3.8) is 0 Å². The normalized spacial score (nSPS) is 18.0. The summed E-state index contributed by atoms with van der Waals surface area (Å²) in [5, 5.41) is 4.02. The van der Waals surface area contributed by atoms with Gasteiger partial charge in [0.05, 0.1) is 5.52 Å². The third-order valence-corrected chi connectivity index (χ3v) is 11.2. The van der Waals surface area contributed by atoms with Crippen LogP contribution in [0.5, 0.6) is 0 Å². The molecule has 2 heterocycles. The van der Waals surface area contributed by atoms with E-state index >= 15 is 0 Å². The molecular weight excluding hydrogens is 551 g/mol.